The Morgan fingerprint density at radius 1 is 0.909 bits per heavy atom. The van der Waals surface area contributed by atoms with Crippen molar-refractivity contribution in [2.45, 2.75) is 31.8 Å². The number of nitrogens with one attached hydrogen (secondary N) is 1. The Labute approximate surface area is 193 Å². The number of piperidine rings is 1. The minimum Gasteiger partial charge on any atom is -0.453 e. The van der Waals surface area contributed by atoms with E-state index >= 15 is 0 Å². The van der Waals surface area contributed by atoms with Gasteiger partial charge >= 0.3 is 0 Å². The van der Waals surface area contributed by atoms with Gasteiger partial charge in [-0.1, -0.05) is 42.5 Å². The number of H-pyrrole nitrogens is 1. The summed E-state index contributed by atoms with van der Waals surface area (Å²) in [6, 6.07) is 26.1. The molecular formula is C26H26N6O. The normalized spacial score (nSPS) is 17.2. The molecule has 1 saturated heterocycles. The van der Waals surface area contributed by atoms with E-state index in [1.807, 2.05) is 24.3 Å². The second-order valence-corrected chi connectivity index (χ2v) is 8.71. The highest BCUT2D eigenvalue weighted by molar-refractivity contribution is 5.80. The summed E-state index contributed by atoms with van der Waals surface area (Å²) >= 11 is 0. The van der Waals surface area contributed by atoms with Gasteiger partial charge in [-0.3, -0.25) is 4.90 Å². The number of rotatable bonds is 4. The highest BCUT2D eigenvalue weighted by Gasteiger charge is 2.33. The van der Waals surface area contributed by atoms with Crippen LogP contribution in [-0.2, 0) is 0 Å². The standard InChI is InChI=1S/C26H26N6O/c1-18(19-7-3-2-4-8-19)31-15-13-21(14-16-31)32-22-9-5-6-10-24(22)33-25-17-20(11-12-23(25)32)26-27-29-30-28-26/h2-12,17-18,21H,13-16H2,1H3,(H,27,28,29,30). The van der Waals surface area contributed by atoms with Crippen LogP contribution in [0, 0.1) is 0 Å². The zero-order valence-corrected chi connectivity index (χ0v) is 18.6. The summed E-state index contributed by atoms with van der Waals surface area (Å²) < 4.78 is 6.32. The van der Waals surface area contributed by atoms with Crippen LogP contribution < -0.4 is 9.64 Å². The van der Waals surface area contributed by atoms with Crippen LogP contribution in [-0.4, -0.2) is 44.7 Å². The molecule has 2 aliphatic rings. The Morgan fingerprint density at radius 2 is 1.67 bits per heavy atom. The third-order valence-corrected chi connectivity index (χ3v) is 6.86. The van der Waals surface area contributed by atoms with Crippen molar-refractivity contribution < 1.29 is 4.74 Å². The summed E-state index contributed by atoms with van der Waals surface area (Å²) in [5.74, 6) is 2.28. The molecule has 33 heavy (non-hydrogen) atoms. The average Bonchev–Trinajstić information content (AvgIpc) is 3.42. The second kappa shape index (κ2) is 8.33. The Hall–Kier alpha value is -3.71. The molecule has 3 aromatic carbocycles. The second-order valence-electron chi connectivity index (χ2n) is 8.71. The molecule has 7 nitrogen and oxygen atoms in total. The molecule has 6 rings (SSSR count). The summed E-state index contributed by atoms with van der Waals surface area (Å²) in [5.41, 5.74) is 4.49. The van der Waals surface area contributed by atoms with Crippen LogP contribution in [0.2, 0.25) is 0 Å². The quantitative estimate of drug-likeness (QED) is 0.464. The maximum Gasteiger partial charge on any atom is 0.204 e. The molecule has 1 atom stereocenters. The van der Waals surface area contributed by atoms with Gasteiger partial charge in [0.1, 0.15) is 0 Å². The van der Waals surface area contributed by atoms with Crippen molar-refractivity contribution in [1.82, 2.24) is 25.5 Å². The number of nitrogens with zero attached hydrogens (tertiary/aromatic N) is 5. The number of tetrazole rings is 1. The van der Waals surface area contributed by atoms with E-state index in [9.17, 15) is 0 Å². The zero-order chi connectivity index (χ0) is 22.2. The molecule has 3 heterocycles. The maximum atomic E-state index is 6.32. The van der Waals surface area contributed by atoms with Crippen molar-refractivity contribution in [2.24, 2.45) is 0 Å². The van der Waals surface area contributed by atoms with Crippen LogP contribution >= 0.6 is 0 Å². The van der Waals surface area contributed by atoms with E-state index in [2.05, 4.69) is 85.9 Å². The van der Waals surface area contributed by atoms with Gasteiger partial charge in [-0.05, 0) is 60.9 Å². The van der Waals surface area contributed by atoms with Crippen molar-refractivity contribution >= 4 is 11.4 Å². The van der Waals surface area contributed by atoms with Gasteiger partial charge in [0.2, 0.25) is 5.82 Å². The minimum atomic E-state index is 0.407. The van der Waals surface area contributed by atoms with Gasteiger partial charge in [0.05, 0.1) is 11.4 Å². The number of fused-ring (bicyclic) bond motifs is 2. The molecule has 7 heteroatoms. The van der Waals surface area contributed by atoms with E-state index in [4.69, 9.17) is 4.74 Å². The van der Waals surface area contributed by atoms with E-state index in [1.54, 1.807) is 0 Å². The Bertz CT molecular complexity index is 1230. The fourth-order valence-corrected chi connectivity index (χ4v) is 5.08. The number of anilines is 2. The first kappa shape index (κ1) is 19.9. The van der Waals surface area contributed by atoms with E-state index in [0.717, 1.165) is 54.4 Å². The molecule has 2 aliphatic heterocycles. The highest BCUT2D eigenvalue weighted by atomic mass is 16.5. The van der Waals surface area contributed by atoms with Gasteiger partial charge < -0.3 is 9.64 Å². The SMILES string of the molecule is CC(c1ccccc1)N1CCC(N2c3ccccc3Oc3cc(-c4nn[nH]n4)ccc32)CC1. The van der Waals surface area contributed by atoms with E-state index in [-0.39, 0.29) is 0 Å². The molecule has 166 valence electrons. The van der Waals surface area contributed by atoms with Crippen molar-refractivity contribution in [3.05, 3.63) is 78.4 Å². The van der Waals surface area contributed by atoms with Crippen molar-refractivity contribution in [1.29, 1.82) is 0 Å². The summed E-state index contributed by atoms with van der Waals surface area (Å²) in [4.78, 5) is 5.07. The summed E-state index contributed by atoms with van der Waals surface area (Å²) in [7, 11) is 0. The lowest BCUT2D eigenvalue weighted by Crippen LogP contribution is -2.44. The fourth-order valence-electron chi connectivity index (χ4n) is 5.08. The molecule has 0 amide bonds. The van der Waals surface area contributed by atoms with Gasteiger partial charge in [-0.2, -0.15) is 5.21 Å². The van der Waals surface area contributed by atoms with E-state index in [0.29, 0.717) is 17.9 Å². The van der Waals surface area contributed by atoms with Gasteiger partial charge in [-0.25, -0.2) is 0 Å². The van der Waals surface area contributed by atoms with Crippen LogP contribution in [0.15, 0.2) is 72.8 Å². The lowest BCUT2D eigenvalue weighted by molar-refractivity contribution is 0.162. The number of aromatic nitrogens is 4. The predicted molar refractivity (Wildman–Crippen MR) is 128 cm³/mol. The molecule has 1 fully saturated rings. The van der Waals surface area contributed by atoms with Crippen molar-refractivity contribution in [3.8, 4) is 22.9 Å². The summed E-state index contributed by atoms with van der Waals surface area (Å²) in [6.07, 6.45) is 2.19. The largest absolute Gasteiger partial charge is 0.453 e. The molecule has 0 saturated carbocycles. The number of benzene rings is 3. The first-order chi connectivity index (χ1) is 16.3. The summed E-state index contributed by atoms with van der Waals surface area (Å²) in [5, 5.41) is 14.4. The van der Waals surface area contributed by atoms with Gasteiger partial charge in [-0.15, -0.1) is 10.2 Å². The lowest BCUT2D eigenvalue weighted by Gasteiger charge is -2.44. The Kier molecular flexibility index (Phi) is 5.03. The van der Waals surface area contributed by atoms with Crippen LogP contribution in [0.3, 0.4) is 0 Å². The number of hydrogen-bond donors (Lipinski definition) is 1. The first-order valence-electron chi connectivity index (χ1n) is 11.5. The number of para-hydroxylation sites is 2. The van der Waals surface area contributed by atoms with Crippen LogP contribution in [0.4, 0.5) is 11.4 Å². The first-order valence-corrected chi connectivity index (χ1v) is 11.5. The molecule has 1 N–H and O–H groups in total. The van der Waals surface area contributed by atoms with Gasteiger partial charge in [0.15, 0.2) is 11.5 Å². The molecule has 1 aromatic heterocycles. The van der Waals surface area contributed by atoms with Gasteiger partial charge in [0.25, 0.3) is 0 Å². The van der Waals surface area contributed by atoms with E-state index < -0.39 is 0 Å². The van der Waals surface area contributed by atoms with E-state index in [1.165, 1.54) is 5.56 Å². The van der Waals surface area contributed by atoms with Gasteiger partial charge in [0, 0.05) is 30.7 Å². The number of hydrogen-bond acceptors (Lipinski definition) is 6. The lowest BCUT2D eigenvalue weighted by atomic mass is 9.97. The maximum absolute atomic E-state index is 6.32. The summed E-state index contributed by atoms with van der Waals surface area (Å²) in [6.45, 7) is 4.45. The zero-order valence-electron chi connectivity index (χ0n) is 18.6. The average molecular weight is 439 g/mol. The Morgan fingerprint density at radius 3 is 2.45 bits per heavy atom. The van der Waals surface area contributed by atoms with Crippen molar-refractivity contribution in [3.63, 3.8) is 0 Å². The van der Waals surface area contributed by atoms with Crippen LogP contribution in [0.25, 0.3) is 11.4 Å². The van der Waals surface area contributed by atoms with Crippen molar-refractivity contribution in [2.75, 3.05) is 18.0 Å². The van der Waals surface area contributed by atoms with Crippen LogP contribution in [0.1, 0.15) is 31.4 Å². The third kappa shape index (κ3) is 3.64. The smallest absolute Gasteiger partial charge is 0.204 e. The molecule has 0 radical (unpaired) electrons. The predicted octanol–water partition coefficient (Wildman–Crippen LogP) is 5.34. The monoisotopic (exact) mass is 438 g/mol. The molecule has 1 unspecified atom stereocenters. The topological polar surface area (TPSA) is 70.2 Å². The minimum absolute atomic E-state index is 0.407. The molecule has 0 aliphatic carbocycles. The molecule has 0 bridgehead atoms. The molecule has 4 aromatic rings. The molecule has 0 spiro atoms. The third-order valence-electron chi connectivity index (χ3n) is 6.86. The fraction of sp³-hybridized carbons (Fsp3) is 0.269. The highest BCUT2D eigenvalue weighted by Crippen LogP contribution is 2.49. The number of likely N-dealkylation sites (tertiary alicyclic amines) is 1. The Balaban J connectivity index is 1.28. The molecular weight excluding hydrogens is 412 g/mol. The number of aromatic amines is 1. The van der Waals surface area contributed by atoms with Crippen LogP contribution in [0.5, 0.6) is 11.5 Å². The number of ether oxygens (including phenoxy) is 1.